The van der Waals surface area contributed by atoms with Crippen LogP contribution in [0.1, 0.15) is 24.2 Å². The van der Waals surface area contributed by atoms with Crippen molar-refractivity contribution in [2.75, 3.05) is 7.11 Å². The van der Waals surface area contributed by atoms with Gasteiger partial charge in [-0.05, 0) is 19.1 Å². The van der Waals surface area contributed by atoms with E-state index in [1.807, 2.05) is 0 Å². The maximum atomic E-state index is 11.6. The molecule has 0 aliphatic heterocycles. The Morgan fingerprint density at radius 3 is 2.35 bits per heavy atom. The Balaban J connectivity index is 2.71. The quantitative estimate of drug-likeness (QED) is 0.368. The van der Waals surface area contributed by atoms with Crippen molar-refractivity contribution >= 4 is 22.7 Å². The van der Waals surface area contributed by atoms with Crippen LogP contribution in [0, 0.1) is 0 Å². The molecule has 6 heteroatoms. The van der Waals surface area contributed by atoms with Crippen molar-refractivity contribution in [1.29, 1.82) is 0 Å². The highest BCUT2D eigenvalue weighted by atomic mass is 16.6. The zero-order valence-electron chi connectivity index (χ0n) is 11.2. The van der Waals surface area contributed by atoms with Crippen LogP contribution in [0.2, 0.25) is 0 Å². The number of ether oxygens (including phenoxy) is 2. The van der Waals surface area contributed by atoms with E-state index in [1.165, 1.54) is 39.2 Å². The van der Waals surface area contributed by atoms with Crippen molar-refractivity contribution in [3.8, 4) is 11.5 Å². The number of methoxy groups -OCH3 is 1. The summed E-state index contributed by atoms with van der Waals surface area (Å²) < 4.78 is 15.1. The third kappa shape index (κ3) is 2.54. The second-order valence-corrected chi connectivity index (χ2v) is 4.14. The molecule has 0 radical (unpaired) electrons. The van der Waals surface area contributed by atoms with Gasteiger partial charge in [-0.2, -0.15) is 0 Å². The molecule has 0 fully saturated rings. The Bertz CT molecular complexity index is 756. The third-order valence-electron chi connectivity index (χ3n) is 2.65. The van der Waals surface area contributed by atoms with Gasteiger partial charge in [0, 0.05) is 18.4 Å². The van der Waals surface area contributed by atoms with E-state index in [0.29, 0.717) is 5.39 Å². The summed E-state index contributed by atoms with van der Waals surface area (Å²) in [6.07, 6.45) is 0. The van der Waals surface area contributed by atoms with Crippen LogP contribution in [0.5, 0.6) is 11.5 Å². The molecular weight excluding hydrogens is 264 g/mol. The standard InChI is InChI=1S/C14H12O6/c1-7(15)10-4-9-5-13(19-8(2)16)12(18-3)6-11(9)20-14(10)17/h4-6H,1-3H3. The molecule has 0 atom stereocenters. The first-order valence-corrected chi connectivity index (χ1v) is 5.77. The number of esters is 1. The number of benzene rings is 1. The van der Waals surface area contributed by atoms with Gasteiger partial charge in [0.1, 0.15) is 11.1 Å². The van der Waals surface area contributed by atoms with Gasteiger partial charge >= 0.3 is 11.6 Å². The van der Waals surface area contributed by atoms with E-state index in [0.717, 1.165) is 0 Å². The van der Waals surface area contributed by atoms with E-state index < -0.39 is 17.4 Å². The fraction of sp³-hybridized carbons (Fsp3) is 0.214. The van der Waals surface area contributed by atoms with Crippen LogP contribution in [-0.2, 0) is 4.79 Å². The molecule has 0 saturated heterocycles. The van der Waals surface area contributed by atoms with Gasteiger partial charge in [0.25, 0.3) is 0 Å². The summed E-state index contributed by atoms with van der Waals surface area (Å²) in [5, 5.41) is 0.465. The molecule has 0 bridgehead atoms. The Morgan fingerprint density at radius 1 is 1.10 bits per heavy atom. The fourth-order valence-electron chi connectivity index (χ4n) is 1.77. The van der Waals surface area contributed by atoms with Crippen LogP contribution in [0.15, 0.2) is 27.4 Å². The Morgan fingerprint density at radius 2 is 1.80 bits per heavy atom. The van der Waals surface area contributed by atoms with Crippen LogP contribution in [-0.4, -0.2) is 18.9 Å². The summed E-state index contributed by atoms with van der Waals surface area (Å²) in [7, 11) is 1.40. The first-order valence-electron chi connectivity index (χ1n) is 5.77. The van der Waals surface area contributed by atoms with Crippen molar-refractivity contribution in [1.82, 2.24) is 0 Å². The van der Waals surface area contributed by atoms with Gasteiger partial charge in [0.05, 0.1) is 7.11 Å². The normalized spacial score (nSPS) is 10.3. The Labute approximate surface area is 113 Å². The summed E-state index contributed by atoms with van der Waals surface area (Å²) >= 11 is 0. The van der Waals surface area contributed by atoms with Gasteiger partial charge < -0.3 is 13.9 Å². The van der Waals surface area contributed by atoms with Crippen LogP contribution < -0.4 is 15.1 Å². The topological polar surface area (TPSA) is 82.8 Å². The molecule has 20 heavy (non-hydrogen) atoms. The minimum absolute atomic E-state index is 0.0589. The fourth-order valence-corrected chi connectivity index (χ4v) is 1.77. The van der Waals surface area contributed by atoms with E-state index in [1.54, 1.807) is 0 Å². The average Bonchev–Trinajstić information content (AvgIpc) is 2.36. The highest BCUT2D eigenvalue weighted by Crippen LogP contribution is 2.32. The maximum absolute atomic E-state index is 11.6. The summed E-state index contributed by atoms with van der Waals surface area (Å²) in [6.45, 7) is 2.53. The van der Waals surface area contributed by atoms with Crippen molar-refractivity contribution in [3.05, 3.63) is 34.2 Å². The van der Waals surface area contributed by atoms with Gasteiger partial charge in [-0.3, -0.25) is 9.59 Å². The molecule has 0 aliphatic carbocycles. The third-order valence-corrected chi connectivity index (χ3v) is 2.65. The minimum atomic E-state index is -0.715. The number of rotatable bonds is 3. The van der Waals surface area contributed by atoms with Gasteiger partial charge in [0.2, 0.25) is 0 Å². The number of ketones is 1. The summed E-state index contributed by atoms with van der Waals surface area (Å²) in [5.74, 6) is -0.459. The lowest BCUT2D eigenvalue weighted by atomic mass is 10.1. The van der Waals surface area contributed by atoms with E-state index in [4.69, 9.17) is 13.9 Å². The lowest BCUT2D eigenvalue weighted by Crippen LogP contribution is -2.11. The first-order chi connectivity index (χ1) is 9.42. The smallest absolute Gasteiger partial charge is 0.347 e. The zero-order valence-corrected chi connectivity index (χ0v) is 11.2. The minimum Gasteiger partial charge on any atom is -0.493 e. The molecule has 6 nitrogen and oxygen atoms in total. The molecule has 0 saturated carbocycles. The molecule has 0 unspecified atom stereocenters. The number of hydrogen-bond acceptors (Lipinski definition) is 6. The average molecular weight is 276 g/mol. The molecule has 0 spiro atoms. The largest absolute Gasteiger partial charge is 0.493 e. The number of fused-ring (bicyclic) bond motifs is 1. The molecule has 0 aliphatic rings. The lowest BCUT2D eigenvalue weighted by molar-refractivity contribution is -0.132. The van der Waals surface area contributed by atoms with Gasteiger partial charge in [0.15, 0.2) is 17.3 Å². The molecule has 2 rings (SSSR count). The summed E-state index contributed by atoms with van der Waals surface area (Å²) in [5.41, 5.74) is -0.531. The SMILES string of the molecule is COc1cc2oc(=O)c(C(C)=O)cc2cc1OC(C)=O. The van der Waals surface area contributed by atoms with Gasteiger partial charge in [-0.15, -0.1) is 0 Å². The molecule has 0 amide bonds. The van der Waals surface area contributed by atoms with E-state index in [2.05, 4.69) is 0 Å². The van der Waals surface area contributed by atoms with E-state index >= 15 is 0 Å². The molecule has 1 aromatic heterocycles. The number of hydrogen-bond donors (Lipinski definition) is 0. The van der Waals surface area contributed by atoms with E-state index in [9.17, 15) is 14.4 Å². The highest BCUT2D eigenvalue weighted by Gasteiger charge is 2.14. The highest BCUT2D eigenvalue weighted by molar-refractivity contribution is 5.97. The molecule has 0 N–H and O–H groups in total. The molecule has 104 valence electrons. The van der Waals surface area contributed by atoms with Crippen molar-refractivity contribution in [2.24, 2.45) is 0 Å². The van der Waals surface area contributed by atoms with Crippen molar-refractivity contribution in [3.63, 3.8) is 0 Å². The molecule has 1 aromatic carbocycles. The molecule has 1 heterocycles. The lowest BCUT2D eigenvalue weighted by Gasteiger charge is -2.09. The summed E-state index contributed by atoms with van der Waals surface area (Å²) in [6, 6.07) is 4.31. The van der Waals surface area contributed by atoms with Crippen LogP contribution in [0.4, 0.5) is 0 Å². The van der Waals surface area contributed by atoms with E-state index in [-0.39, 0.29) is 22.6 Å². The van der Waals surface area contributed by atoms with Gasteiger partial charge in [-0.1, -0.05) is 0 Å². The maximum Gasteiger partial charge on any atom is 0.347 e. The van der Waals surface area contributed by atoms with Crippen molar-refractivity contribution < 1.29 is 23.5 Å². The number of carbonyl (C=O) groups excluding carboxylic acids is 2. The Kier molecular flexibility index (Phi) is 3.56. The first kappa shape index (κ1) is 13.8. The predicted molar refractivity (Wildman–Crippen MR) is 70.3 cm³/mol. The number of carbonyl (C=O) groups is 2. The Hall–Kier alpha value is -2.63. The van der Waals surface area contributed by atoms with Crippen LogP contribution >= 0.6 is 0 Å². The van der Waals surface area contributed by atoms with Crippen LogP contribution in [0.25, 0.3) is 11.0 Å². The monoisotopic (exact) mass is 276 g/mol. The van der Waals surface area contributed by atoms with Gasteiger partial charge in [-0.25, -0.2) is 4.79 Å². The van der Waals surface area contributed by atoms with Crippen LogP contribution in [0.3, 0.4) is 0 Å². The summed E-state index contributed by atoms with van der Waals surface area (Å²) in [4.78, 5) is 34.0. The molecule has 2 aromatic rings. The second kappa shape index (κ2) is 5.16. The number of Topliss-reactive ketones (excluding diaryl/α,β-unsaturated/α-hetero) is 1. The second-order valence-electron chi connectivity index (χ2n) is 4.14. The van der Waals surface area contributed by atoms with Crippen molar-refractivity contribution in [2.45, 2.75) is 13.8 Å². The predicted octanol–water partition coefficient (Wildman–Crippen LogP) is 1.93. The zero-order chi connectivity index (χ0) is 14.9. The molecular formula is C14H12O6.